The molecule has 0 aromatic heterocycles. The molecule has 0 bridgehead atoms. The number of rotatable bonds is 4. The summed E-state index contributed by atoms with van der Waals surface area (Å²) in [4.78, 5) is 10.6. The Kier molecular flexibility index (Phi) is 4.41. The lowest BCUT2D eigenvalue weighted by Gasteiger charge is -2.01. The standard InChI is InChI=1S/C9H7ClFN3O3/c10-6-3-5(1-2-7(6)11)13-14-8(4-12-17)9(15)16/h1-4,13,17H,(H,15,16)/b12-4+,14-8+. The van der Waals surface area contributed by atoms with Gasteiger partial charge in [0.15, 0.2) is 5.71 Å². The molecule has 17 heavy (non-hydrogen) atoms. The second kappa shape index (κ2) is 5.80. The van der Waals surface area contributed by atoms with Gasteiger partial charge < -0.3 is 10.3 Å². The highest BCUT2D eigenvalue weighted by Crippen LogP contribution is 2.19. The maximum Gasteiger partial charge on any atom is 0.358 e. The normalized spacial score (nSPS) is 11.8. The van der Waals surface area contributed by atoms with Crippen molar-refractivity contribution in [3.05, 3.63) is 29.0 Å². The van der Waals surface area contributed by atoms with Gasteiger partial charge in [-0.1, -0.05) is 16.8 Å². The fraction of sp³-hybridized carbons (Fsp3) is 0. The molecule has 90 valence electrons. The Balaban J connectivity index is 2.87. The molecular weight excluding hydrogens is 253 g/mol. The first-order valence-electron chi connectivity index (χ1n) is 4.24. The number of halogens is 2. The molecule has 0 fully saturated rings. The summed E-state index contributed by atoms with van der Waals surface area (Å²) in [6.07, 6.45) is 0.639. The Morgan fingerprint density at radius 2 is 2.24 bits per heavy atom. The quantitative estimate of drug-likeness (QED) is 0.436. The molecule has 0 radical (unpaired) electrons. The Bertz CT molecular complexity index is 490. The highest BCUT2D eigenvalue weighted by atomic mass is 35.5. The van der Waals surface area contributed by atoms with Gasteiger partial charge in [-0.15, -0.1) is 0 Å². The first-order valence-corrected chi connectivity index (χ1v) is 4.62. The summed E-state index contributed by atoms with van der Waals surface area (Å²) in [5.74, 6) is -1.99. The molecule has 1 aromatic carbocycles. The topological polar surface area (TPSA) is 94.3 Å². The van der Waals surface area contributed by atoms with Gasteiger partial charge in [-0.05, 0) is 18.2 Å². The molecule has 0 spiro atoms. The third-order valence-corrected chi connectivity index (χ3v) is 1.91. The van der Waals surface area contributed by atoms with Gasteiger partial charge in [-0.25, -0.2) is 9.18 Å². The van der Waals surface area contributed by atoms with Crippen molar-refractivity contribution in [3.8, 4) is 0 Å². The molecule has 0 unspecified atom stereocenters. The third-order valence-electron chi connectivity index (χ3n) is 1.62. The third kappa shape index (κ3) is 3.72. The number of nitrogens with zero attached hydrogens (tertiary/aromatic N) is 2. The SMILES string of the molecule is O=C(O)C(/C=N/O)=N/Nc1ccc(F)c(Cl)c1. The number of oxime groups is 1. The molecule has 0 aliphatic carbocycles. The molecule has 6 nitrogen and oxygen atoms in total. The summed E-state index contributed by atoms with van der Waals surface area (Å²) in [5.41, 5.74) is 2.11. The molecule has 0 aliphatic rings. The average Bonchev–Trinajstić information content (AvgIpc) is 2.28. The summed E-state index contributed by atoms with van der Waals surface area (Å²) >= 11 is 5.51. The fourth-order valence-corrected chi connectivity index (χ4v) is 1.06. The molecule has 1 aromatic rings. The monoisotopic (exact) mass is 259 g/mol. The zero-order valence-electron chi connectivity index (χ0n) is 8.26. The number of aliphatic carboxylic acids is 1. The number of hydrogen-bond acceptors (Lipinski definition) is 5. The Morgan fingerprint density at radius 1 is 1.53 bits per heavy atom. The number of benzene rings is 1. The number of nitrogens with one attached hydrogen (secondary N) is 1. The smallest absolute Gasteiger partial charge is 0.358 e. The van der Waals surface area contributed by atoms with Crippen LogP contribution in [0.2, 0.25) is 5.02 Å². The predicted molar refractivity (Wildman–Crippen MR) is 60.4 cm³/mol. The number of carbonyl (C=O) groups is 1. The number of hydrazone groups is 1. The van der Waals surface area contributed by atoms with Crippen molar-refractivity contribution in [1.82, 2.24) is 0 Å². The van der Waals surface area contributed by atoms with Crippen LogP contribution in [0.1, 0.15) is 0 Å². The van der Waals surface area contributed by atoms with Crippen molar-refractivity contribution in [2.24, 2.45) is 10.3 Å². The second-order valence-corrected chi connectivity index (χ2v) is 3.19. The van der Waals surface area contributed by atoms with Crippen LogP contribution in [-0.4, -0.2) is 28.2 Å². The first-order chi connectivity index (χ1) is 8.04. The van der Waals surface area contributed by atoms with Crippen LogP contribution < -0.4 is 5.43 Å². The van der Waals surface area contributed by atoms with Crippen LogP contribution in [0, 0.1) is 5.82 Å². The van der Waals surface area contributed by atoms with Gasteiger partial charge in [0.05, 0.1) is 10.7 Å². The van der Waals surface area contributed by atoms with Crippen molar-refractivity contribution in [3.63, 3.8) is 0 Å². The van der Waals surface area contributed by atoms with Gasteiger partial charge in [0.2, 0.25) is 0 Å². The van der Waals surface area contributed by atoms with Crippen molar-refractivity contribution in [2.45, 2.75) is 0 Å². The Morgan fingerprint density at radius 3 is 2.76 bits per heavy atom. The number of hydrogen-bond donors (Lipinski definition) is 3. The summed E-state index contributed by atoms with van der Waals surface area (Å²) in [6.45, 7) is 0. The number of anilines is 1. The number of carboxylic acids is 1. The van der Waals surface area contributed by atoms with Crippen LogP contribution in [0.4, 0.5) is 10.1 Å². The molecule has 0 atom stereocenters. The largest absolute Gasteiger partial charge is 0.476 e. The summed E-state index contributed by atoms with van der Waals surface area (Å²) in [7, 11) is 0. The van der Waals surface area contributed by atoms with E-state index in [0.717, 1.165) is 6.07 Å². The van der Waals surface area contributed by atoms with E-state index in [0.29, 0.717) is 11.9 Å². The van der Waals surface area contributed by atoms with E-state index in [1.807, 2.05) is 0 Å². The van der Waals surface area contributed by atoms with Crippen molar-refractivity contribution in [1.29, 1.82) is 0 Å². The van der Waals surface area contributed by atoms with E-state index < -0.39 is 17.5 Å². The maximum atomic E-state index is 12.8. The molecule has 3 N–H and O–H groups in total. The van der Waals surface area contributed by atoms with Crippen LogP contribution in [-0.2, 0) is 4.79 Å². The van der Waals surface area contributed by atoms with Gasteiger partial charge >= 0.3 is 5.97 Å². The van der Waals surface area contributed by atoms with E-state index in [-0.39, 0.29) is 5.02 Å². The molecule has 0 saturated carbocycles. The highest BCUT2D eigenvalue weighted by molar-refractivity contribution is 6.58. The van der Waals surface area contributed by atoms with E-state index in [4.69, 9.17) is 21.9 Å². The minimum atomic E-state index is -1.39. The molecule has 8 heteroatoms. The second-order valence-electron chi connectivity index (χ2n) is 2.79. The van der Waals surface area contributed by atoms with Crippen LogP contribution in [0.15, 0.2) is 28.5 Å². The van der Waals surface area contributed by atoms with Crippen molar-refractivity contribution < 1.29 is 19.5 Å². The van der Waals surface area contributed by atoms with Crippen LogP contribution in [0.3, 0.4) is 0 Å². The minimum Gasteiger partial charge on any atom is -0.476 e. The fourth-order valence-electron chi connectivity index (χ4n) is 0.877. The van der Waals surface area contributed by atoms with Gasteiger partial charge in [0.1, 0.15) is 12.0 Å². The van der Waals surface area contributed by atoms with E-state index in [9.17, 15) is 9.18 Å². The van der Waals surface area contributed by atoms with Crippen LogP contribution >= 0.6 is 11.6 Å². The maximum absolute atomic E-state index is 12.8. The van der Waals surface area contributed by atoms with Gasteiger partial charge in [-0.2, -0.15) is 5.10 Å². The molecule has 0 saturated heterocycles. The average molecular weight is 260 g/mol. The Hall–Kier alpha value is -2.15. The molecular formula is C9H7ClFN3O3. The highest BCUT2D eigenvalue weighted by Gasteiger charge is 2.06. The van der Waals surface area contributed by atoms with E-state index >= 15 is 0 Å². The predicted octanol–water partition coefficient (Wildman–Crippen LogP) is 1.79. The lowest BCUT2D eigenvalue weighted by Crippen LogP contribution is -2.16. The van der Waals surface area contributed by atoms with Gasteiger partial charge in [0.25, 0.3) is 0 Å². The minimum absolute atomic E-state index is 0.127. The van der Waals surface area contributed by atoms with Gasteiger partial charge in [-0.3, -0.25) is 5.43 Å². The zero-order chi connectivity index (χ0) is 12.8. The lowest BCUT2D eigenvalue weighted by molar-refractivity contribution is -0.129. The molecule has 0 amide bonds. The van der Waals surface area contributed by atoms with Crippen molar-refractivity contribution in [2.75, 3.05) is 5.43 Å². The van der Waals surface area contributed by atoms with Crippen molar-refractivity contribution >= 4 is 35.2 Å². The number of carboxylic acid groups (broad SMARTS) is 1. The van der Waals surface area contributed by atoms with E-state index in [1.54, 1.807) is 0 Å². The van der Waals surface area contributed by atoms with E-state index in [1.165, 1.54) is 12.1 Å². The lowest BCUT2D eigenvalue weighted by atomic mass is 10.3. The Labute approximate surface area is 100 Å². The van der Waals surface area contributed by atoms with E-state index in [2.05, 4.69) is 15.7 Å². The first kappa shape index (κ1) is 12.9. The summed E-state index contributed by atoms with van der Waals surface area (Å²) in [5, 5.41) is 22.7. The summed E-state index contributed by atoms with van der Waals surface area (Å²) < 4.78 is 12.8. The summed E-state index contributed by atoms with van der Waals surface area (Å²) in [6, 6.07) is 3.65. The van der Waals surface area contributed by atoms with Crippen LogP contribution in [0.5, 0.6) is 0 Å². The van der Waals surface area contributed by atoms with Crippen LogP contribution in [0.25, 0.3) is 0 Å². The van der Waals surface area contributed by atoms with Gasteiger partial charge in [0, 0.05) is 0 Å². The molecule has 0 aliphatic heterocycles. The molecule has 1 rings (SSSR count). The zero-order valence-corrected chi connectivity index (χ0v) is 9.02. The molecule has 0 heterocycles.